The van der Waals surface area contributed by atoms with Crippen LogP contribution in [0.5, 0.6) is 0 Å². The summed E-state index contributed by atoms with van der Waals surface area (Å²) in [7, 11) is 0. The van der Waals surface area contributed by atoms with Gasteiger partial charge >= 0.3 is 0 Å². The van der Waals surface area contributed by atoms with E-state index in [1.54, 1.807) is 0 Å². The van der Waals surface area contributed by atoms with Crippen LogP contribution in [0.1, 0.15) is 39.5 Å². The van der Waals surface area contributed by atoms with E-state index in [4.69, 9.17) is 10.5 Å². The van der Waals surface area contributed by atoms with Gasteiger partial charge in [0, 0.05) is 5.70 Å². The number of nitrogens with two attached hydrogens (primary N) is 1. The minimum absolute atomic E-state index is 0.314. The van der Waals surface area contributed by atoms with Crippen LogP contribution < -0.4 is 5.73 Å². The molecule has 0 amide bonds. The third-order valence-electron chi connectivity index (χ3n) is 2.35. The highest BCUT2D eigenvalue weighted by Gasteiger charge is 2.10. The average molecular weight is 217 g/mol. The number of ether oxygens (including phenoxy) is 1. The van der Waals surface area contributed by atoms with E-state index in [0.29, 0.717) is 11.6 Å². The van der Waals surface area contributed by atoms with Crippen molar-refractivity contribution in [1.82, 2.24) is 0 Å². The second kappa shape index (κ2) is 8.18. The summed E-state index contributed by atoms with van der Waals surface area (Å²) in [6, 6.07) is 0. The molecule has 84 valence electrons. The van der Waals surface area contributed by atoms with Crippen molar-refractivity contribution in [3.63, 3.8) is 0 Å². The Bertz CT molecular complexity index is 161. The van der Waals surface area contributed by atoms with E-state index >= 15 is 0 Å². The van der Waals surface area contributed by atoms with Crippen molar-refractivity contribution in [2.45, 2.75) is 45.0 Å². The molecule has 0 aliphatic heterocycles. The van der Waals surface area contributed by atoms with Crippen molar-refractivity contribution >= 4 is 12.6 Å². The summed E-state index contributed by atoms with van der Waals surface area (Å²) in [6.07, 6.45) is 4.88. The van der Waals surface area contributed by atoms with Gasteiger partial charge in [-0.2, -0.15) is 0 Å². The number of thiol groups is 1. The Labute approximate surface area is 93.3 Å². The summed E-state index contributed by atoms with van der Waals surface area (Å²) < 4.78 is 5.49. The van der Waals surface area contributed by atoms with Gasteiger partial charge in [0.2, 0.25) is 0 Å². The van der Waals surface area contributed by atoms with Gasteiger partial charge in [-0.25, -0.2) is 0 Å². The van der Waals surface area contributed by atoms with Crippen LogP contribution >= 0.6 is 12.6 Å². The third-order valence-corrected chi connectivity index (χ3v) is 2.83. The van der Waals surface area contributed by atoms with Crippen molar-refractivity contribution in [2.75, 3.05) is 6.61 Å². The Hall–Kier alpha value is -0.150. The van der Waals surface area contributed by atoms with E-state index in [0.717, 1.165) is 13.0 Å². The zero-order valence-electron chi connectivity index (χ0n) is 9.33. The van der Waals surface area contributed by atoms with Crippen LogP contribution in [0.15, 0.2) is 12.3 Å². The van der Waals surface area contributed by atoms with Gasteiger partial charge in [0.15, 0.2) is 0 Å². The molecule has 0 aromatic heterocycles. The molecule has 0 spiro atoms. The third kappa shape index (κ3) is 6.33. The largest absolute Gasteiger partial charge is 0.400 e. The fourth-order valence-corrected chi connectivity index (χ4v) is 1.32. The first-order valence-electron chi connectivity index (χ1n) is 5.35. The van der Waals surface area contributed by atoms with E-state index in [1.165, 1.54) is 19.3 Å². The quantitative estimate of drug-likeness (QED) is 0.484. The molecule has 3 heteroatoms. The summed E-state index contributed by atoms with van der Waals surface area (Å²) in [6.45, 7) is 8.73. The van der Waals surface area contributed by atoms with Gasteiger partial charge in [0.1, 0.15) is 5.44 Å². The Balaban J connectivity index is 3.66. The molecule has 0 bridgehead atoms. The molecule has 0 fully saturated rings. The van der Waals surface area contributed by atoms with Gasteiger partial charge in [-0.15, -0.1) is 12.6 Å². The van der Waals surface area contributed by atoms with Crippen LogP contribution in [0.2, 0.25) is 0 Å². The van der Waals surface area contributed by atoms with Crippen molar-refractivity contribution in [2.24, 2.45) is 11.7 Å². The summed E-state index contributed by atoms with van der Waals surface area (Å²) >= 11 is 4.18. The molecule has 2 N–H and O–H groups in total. The zero-order valence-corrected chi connectivity index (χ0v) is 10.2. The highest BCUT2D eigenvalue weighted by Crippen LogP contribution is 2.15. The van der Waals surface area contributed by atoms with Crippen LogP contribution in [0.25, 0.3) is 0 Å². The monoisotopic (exact) mass is 217 g/mol. The van der Waals surface area contributed by atoms with Crippen molar-refractivity contribution < 1.29 is 4.74 Å². The zero-order chi connectivity index (χ0) is 11.0. The second-order valence-electron chi connectivity index (χ2n) is 3.68. The number of rotatable bonds is 8. The fraction of sp³-hybridized carbons (Fsp3) is 0.818. The molecule has 0 saturated carbocycles. The van der Waals surface area contributed by atoms with Crippen LogP contribution in [0.3, 0.4) is 0 Å². The molecule has 0 aliphatic rings. The lowest BCUT2D eigenvalue weighted by atomic mass is 10.0. The Morgan fingerprint density at radius 2 is 2.14 bits per heavy atom. The molecule has 0 aromatic rings. The topological polar surface area (TPSA) is 35.2 Å². The molecule has 0 radical (unpaired) electrons. The summed E-state index contributed by atoms with van der Waals surface area (Å²) in [5, 5.41) is 0. The lowest BCUT2D eigenvalue weighted by molar-refractivity contribution is 0.0933. The van der Waals surface area contributed by atoms with Crippen molar-refractivity contribution in [3.8, 4) is 0 Å². The first kappa shape index (κ1) is 13.8. The van der Waals surface area contributed by atoms with Gasteiger partial charge in [-0.1, -0.05) is 39.7 Å². The summed E-state index contributed by atoms with van der Waals surface area (Å²) in [4.78, 5) is 0. The number of hydrogen-bond donors (Lipinski definition) is 2. The highest BCUT2D eigenvalue weighted by atomic mass is 32.1. The van der Waals surface area contributed by atoms with Crippen LogP contribution in [0.4, 0.5) is 0 Å². The lowest BCUT2D eigenvalue weighted by Gasteiger charge is -2.18. The van der Waals surface area contributed by atoms with Crippen molar-refractivity contribution in [1.29, 1.82) is 0 Å². The van der Waals surface area contributed by atoms with Crippen LogP contribution in [0, 0.1) is 5.92 Å². The minimum Gasteiger partial charge on any atom is -0.400 e. The standard InChI is InChI=1S/C11H23NOS/c1-4-6-7-10(5-2)8-13-11(14)9(3)12/h10-11,14H,3-8,12H2,1-2H3. The first-order valence-corrected chi connectivity index (χ1v) is 5.87. The van der Waals surface area contributed by atoms with Crippen LogP contribution in [-0.4, -0.2) is 12.0 Å². The van der Waals surface area contributed by atoms with Gasteiger partial charge < -0.3 is 10.5 Å². The van der Waals surface area contributed by atoms with E-state index in [1.807, 2.05) is 0 Å². The maximum Gasteiger partial charge on any atom is 0.139 e. The minimum atomic E-state index is -0.314. The molecule has 0 rings (SSSR count). The van der Waals surface area contributed by atoms with E-state index in [-0.39, 0.29) is 5.44 Å². The maximum atomic E-state index is 5.49. The molecule has 2 atom stereocenters. The smallest absolute Gasteiger partial charge is 0.139 e. The number of hydrogen-bond acceptors (Lipinski definition) is 3. The van der Waals surface area contributed by atoms with Crippen LogP contribution in [-0.2, 0) is 4.74 Å². The predicted molar refractivity (Wildman–Crippen MR) is 65.4 cm³/mol. The number of unbranched alkanes of at least 4 members (excludes halogenated alkanes) is 1. The molecule has 14 heavy (non-hydrogen) atoms. The second-order valence-corrected chi connectivity index (χ2v) is 4.15. The Morgan fingerprint density at radius 1 is 1.50 bits per heavy atom. The molecular weight excluding hydrogens is 194 g/mol. The lowest BCUT2D eigenvalue weighted by Crippen LogP contribution is -2.19. The molecule has 2 nitrogen and oxygen atoms in total. The molecule has 0 saturated heterocycles. The molecular formula is C11H23NOS. The normalized spacial score (nSPS) is 15.1. The van der Waals surface area contributed by atoms with E-state index in [2.05, 4.69) is 33.1 Å². The fourth-order valence-electron chi connectivity index (χ4n) is 1.23. The van der Waals surface area contributed by atoms with Gasteiger partial charge in [0.05, 0.1) is 6.61 Å². The first-order chi connectivity index (χ1) is 6.61. The SMILES string of the molecule is C=C(N)C(S)OCC(CC)CCCC. The maximum absolute atomic E-state index is 5.49. The van der Waals surface area contributed by atoms with Gasteiger partial charge in [-0.3, -0.25) is 0 Å². The summed E-state index contributed by atoms with van der Waals surface area (Å²) in [5.41, 5.74) is 5.64. The molecule has 2 unspecified atom stereocenters. The van der Waals surface area contributed by atoms with E-state index < -0.39 is 0 Å². The molecule has 0 aliphatic carbocycles. The molecule has 0 aromatic carbocycles. The van der Waals surface area contributed by atoms with Gasteiger partial charge in [0.25, 0.3) is 0 Å². The Kier molecular flexibility index (Phi) is 8.09. The summed E-state index contributed by atoms with van der Waals surface area (Å²) in [5.74, 6) is 0.629. The highest BCUT2D eigenvalue weighted by molar-refractivity contribution is 7.81. The Morgan fingerprint density at radius 3 is 2.57 bits per heavy atom. The van der Waals surface area contributed by atoms with Gasteiger partial charge in [-0.05, 0) is 12.3 Å². The average Bonchev–Trinajstić information content (AvgIpc) is 2.17. The van der Waals surface area contributed by atoms with E-state index in [9.17, 15) is 0 Å². The predicted octanol–water partition coefficient (Wildman–Crippen LogP) is 2.95. The van der Waals surface area contributed by atoms with Crippen molar-refractivity contribution in [3.05, 3.63) is 12.3 Å². The molecule has 0 heterocycles.